The van der Waals surface area contributed by atoms with Gasteiger partial charge in [0.2, 0.25) is 0 Å². The Morgan fingerprint density at radius 3 is 2.23 bits per heavy atom. The van der Waals surface area contributed by atoms with E-state index in [9.17, 15) is 0 Å². The van der Waals surface area contributed by atoms with E-state index in [4.69, 9.17) is 18.8 Å². The summed E-state index contributed by atoms with van der Waals surface area (Å²) in [5.41, 5.74) is 10.5. The summed E-state index contributed by atoms with van der Waals surface area (Å²) in [6.45, 7) is 9.52. The molecule has 0 saturated carbocycles. The van der Waals surface area contributed by atoms with Crippen molar-refractivity contribution in [3.63, 3.8) is 0 Å². The molecule has 0 fully saturated rings. The van der Waals surface area contributed by atoms with Crippen molar-refractivity contribution in [2.45, 2.75) is 57.9 Å². The SMILES string of the molecule is CCn1c(-c2[c-]ccc3c2oc2ccccc23)nc2ccccc21.Cc1ccc2c(n1)oc1c(-c3cc(CC(C)C)[c]([Ge]([CH3])([CH3])[CH3])cn3)[c-]ccc12.[Ir]. The van der Waals surface area contributed by atoms with Crippen molar-refractivity contribution in [1.82, 2.24) is 19.5 Å². The number of hydrogen-bond donors (Lipinski definition) is 0. The van der Waals surface area contributed by atoms with Crippen LogP contribution in [0.2, 0.25) is 17.3 Å². The molecule has 0 aliphatic rings. The molecule has 6 nitrogen and oxygen atoms in total. The molecule has 4 aromatic carbocycles. The van der Waals surface area contributed by atoms with Crippen LogP contribution in [0.25, 0.3) is 77.7 Å². The second kappa shape index (κ2) is 14.7. The molecule has 0 bridgehead atoms. The Morgan fingerprint density at radius 2 is 1.47 bits per heavy atom. The van der Waals surface area contributed by atoms with Crippen LogP contribution in [0.15, 0.2) is 106 Å². The first-order valence-corrected chi connectivity index (χ1v) is 25.4. The zero-order valence-electron chi connectivity index (χ0n) is 31.2. The molecular formula is C45H42GeIrN4O2-2. The van der Waals surface area contributed by atoms with Gasteiger partial charge in [0.05, 0.1) is 22.4 Å². The number of para-hydroxylation sites is 3. The van der Waals surface area contributed by atoms with Crippen LogP contribution < -0.4 is 4.40 Å². The fourth-order valence-corrected chi connectivity index (χ4v) is 10.6. The number of pyridine rings is 2. The van der Waals surface area contributed by atoms with Gasteiger partial charge < -0.3 is 8.98 Å². The molecule has 0 aliphatic carbocycles. The minimum atomic E-state index is -1.99. The van der Waals surface area contributed by atoms with Crippen molar-refractivity contribution in [2.24, 2.45) is 5.92 Å². The van der Waals surface area contributed by atoms with E-state index in [1.807, 2.05) is 61.5 Å². The maximum absolute atomic E-state index is 6.17. The molecule has 0 spiro atoms. The van der Waals surface area contributed by atoms with Gasteiger partial charge in [-0.25, -0.2) is 0 Å². The molecule has 5 heterocycles. The van der Waals surface area contributed by atoms with Gasteiger partial charge in [-0.2, -0.15) is 0 Å². The van der Waals surface area contributed by atoms with Crippen LogP contribution in [-0.2, 0) is 33.1 Å². The third-order valence-electron chi connectivity index (χ3n) is 9.65. The Labute approximate surface area is 326 Å². The molecule has 1 radical (unpaired) electrons. The van der Waals surface area contributed by atoms with Crippen LogP contribution in [-0.4, -0.2) is 32.8 Å². The zero-order chi connectivity index (χ0) is 36.1. The average Bonchev–Trinajstić information content (AvgIpc) is 3.81. The fourth-order valence-electron chi connectivity index (χ4n) is 7.27. The Kier molecular flexibility index (Phi) is 10.2. The van der Waals surface area contributed by atoms with Crippen LogP contribution in [0.5, 0.6) is 0 Å². The summed E-state index contributed by atoms with van der Waals surface area (Å²) in [5.74, 6) is 8.81. The first-order chi connectivity index (χ1) is 25.1. The third kappa shape index (κ3) is 6.87. The van der Waals surface area contributed by atoms with Crippen molar-refractivity contribution in [2.75, 3.05) is 0 Å². The van der Waals surface area contributed by atoms with Gasteiger partial charge in [-0.05, 0) is 25.1 Å². The summed E-state index contributed by atoms with van der Waals surface area (Å²) in [6.07, 6.45) is 3.19. The monoisotopic (exact) mass is 937 g/mol. The molecular weight excluding hydrogens is 893 g/mol. The van der Waals surface area contributed by atoms with Crippen LogP contribution in [0, 0.1) is 25.0 Å². The molecule has 5 aromatic heterocycles. The molecule has 0 saturated heterocycles. The van der Waals surface area contributed by atoms with Crippen LogP contribution in [0.1, 0.15) is 32.0 Å². The molecule has 0 aliphatic heterocycles. The molecule has 0 unspecified atom stereocenters. The van der Waals surface area contributed by atoms with E-state index in [0.717, 1.165) is 90.6 Å². The van der Waals surface area contributed by atoms with Crippen molar-refractivity contribution in [1.29, 1.82) is 0 Å². The number of fused-ring (bicyclic) bond motifs is 7. The molecule has 8 heteroatoms. The first kappa shape index (κ1) is 36.8. The van der Waals surface area contributed by atoms with E-state index in [-0.39, 0.29) is 20.1 Å². The molecule has 0 atom stereocenters. The summed E-state index contributed by atoms with van der Waals surface area (Å²) in [5, 5.41) is 4.34. The van der Waals surface area contributed by atoms with Gasteiger partial charge in [0.25, 0.3) is 0 Å². The van der Waals surface area contributed by atoms with Gasteiger partial charge in [-0.1, -0.05) is 41.3 Å². The summed E-state index contributed by atoms with van der Waals surface area (Å²) in [4.78, 5) is 14.3. The van der Waals surface area contributed by atoms with E-state index in [0.29, 0.717) is 11.6 Å². The Hall–Kier alpha value is -4.56. The molecule has 269 valence electrons. The number of aryl methyl sites for hydroxylation is 2. The average molecular weight is 936 g/mol. The zero-order valence-corrected chi connectivity index (χ0v) is 35.7. The topological polar surface area (TPSA) is 69.9 Å². The Balaban J connectivity index is 0.000000163. The Bertz CT molecular complexity index is 2750. The van der Waals surface area contributed by atoms with Gasteiger partial charge in [-0.15, -0.1) is 18.2 Å². The van der Waals surface area contributed by atoms with Gasteiger partial charge in [0, 0.05) is 32.0 Å². The quantitative estimate of drug-likeness (QED) is 0.123. The third-order valence-corrected chi connectivity index (χ3v) is 14.0. The van der Waals surface area contributed by atoms with E-state index in [1.54, 1.807) is 0 Å². The summed E-state index contributed by atoms with van der Waals surface area (Å²) in [7, 11) is 0. The van der Waals surface area contributed by atoms with E-state index < -0.39 is 13.3 Å². The van der Waals surface area contributed by atoms with Crippen molar-refractivity contribution >= 4 is 72.7 Å². The number of benzene rings is 4. The number of furan rings is 2. The standard InChI is InChI=1S/C24H27GeN2O.C21H15N2O.Ir/c1-15(2)12-17-13-22(26-14-21(17)25(4,5)6)20-9-7-8-18-19-11-10-16(3)27-24(19)28-23(18)20;1-2-23-18-12-5-4-11-17(18)22-21(23)16-10-7-9-15-14-8-3-6-13-19(14)24-20(15)16;/h7-8,10-11,13-15H,12H2,1-6H3;3-9,11-13H,2H2,1H3;/q2*-1;. The van der Waals surface area contributed by atoms with Crippen LogP contribution in [0.3, 0.4) is 0 Å². The molecule has 0 amide bonds. The number of aromatic nitrogens is 4. The van der Waals surface area contributed by atoms with Crippen molar-refractivity contribution < 1.29 is 28.9 Å². The second-order valence-electron chi connectivity index (χ2n) is 14.9. The molecule has 9 aromatic rings. The largest absolute Gasteiger partial charge is 0 e. The summed E-state index contributed by atoms with van der Waals surface area (Å²) >= 11 is -1.99. The van der Waals surface area contributed by atoms with Gasteiger partial charge >= 0.3 is 170 Å². The van der Waals surface area contributed by atoms with Crippen LogP contribution >= 0.6 is 0 Å². The molecule has 0 N–H and O–H groups in total. The predicted molar refractivity (Wildman–Crippen MR) is 217 cm³/mol. The number of nitrogens with zero attached hydrogens (tertiary/aromatic N) is 4. The van der Waals surface area contributed by atoms with Gasteiger partial charge in [0.15, 0.2) is 0 Å². The van der Waals surface area contributed by atoms with E-state index >= 15 is 0 Å². The minimum absolute atomic E-state index is 0. The molecule has 9 rings (SSSR count). The van der Waals surface area contributed by atoms with E-state index in [2.05, 4.69) is 102 Å². The van der Waals surface area contributed by atoms with Gasteiger partial charge in [-0.3, -0.25) is 4.98 Å². The minimum Gasteiger partial charge on any atom is 0 e. The van der Waals surface area contributed by atoms with E-state index in [1.165, 1.54) is 9.96 Å². The smallest absolute Gasteiger partial charge is 0 e. The predicted octanol–water partition coefficient (Wildman–Crippen LogP) is 11.3. The first-order valence-electron chi connectivity index (χ1n) is 18.1. The summed E-state index contributed by atoms with van der Waals surface area (Å²) in [6, 6.07) is 37.5. The fraction of sp³-hybridized carbons (Fsp3) is 0.222. The van der Waals surface area contributed by atoms with Crippen molar-refractivity contribution in [3.05, 3.63) is 121 Å². The maximum Gasteiger partial charge on any atom is 0 e. The number of imidazole rings is 1. The number of rotatable bonds is 6. The maximum atomic E-state index is 6.17. The number of hydrogen-bond acceptors (Lipinski definition) is 5. The normalized spacial score (nSPS) is 11.8. The molecule has 53 heavy (non-hydrogen) atoms. The van der Waals surface area contributed by atoms with Gasteiger partial charge in [0.1, 0.15) is 5.58 Å². The van der Waals surface area contributed by atoms with Crippen molar-refractivity contribution in [3.8, 4) is 22.6 Å². The Morgan fingerprint density at radius 1 is 0.774 bits per heavy atom. The van der Waals surface area contributed by atoms with Crippen LogP contribution in [0.4, 0.5) is 0 Å². The second-order valence-corrected chi connectivity index (χ2v) is 25.5. The summed E-state index contributed by atoms with van der Waals surface area (Å²) < 4.78 is 16.0.